The van der Waals surface area contributed by atoms with Gasteiger partial charge in [0.05, 0.1) is 26.5 Å². The highest BCUT2D eigenvalue weighted by Crippen LogP contribution is 2.37. The zero-order chi connectivity index (χ0) is 15.6. The molecule has 6 nitrogen and oxygen atoms in total. The van der Waals surface area contributed by atoms with Crippen LogP contribution in [0.5, 0.6) is 0 Å². The summed E-state index contributed by atoms with van der Waals surface area (Å²) in [6, 6.07) is 5.95. The lowest BCUT2D eigenvalue weighted by Crippen LogP contribution is -2.22. The Kier molecular flexibility index (Phi) is 5.23. The second kappa shape index (κ2) is 7.38. The van der Waals surface area contributed by atoms with Gasteiger partial charge in [0.15, 0.2) is 0 Å². The fraction of sp³-hybridized carbons (Fsp3) is 0.375. The number of hydrogen-bond donors (Lipinski definition) is 3. The number of H-pyrrole nitrogens is 1. The van der Waals surface area contributed by atoms with Gasteiger partial charge < -0.3 is 15.8 Å². The molecule has 0 radical (unpaired) electrons. The highest BCUT2D eigenvalue weighted by molar-refractivity contribution is 7.22. The molecule has 128 valence electrons. The molecule has 0 bridgehead atoms. The van der Waals surface area contributed by atoms with E-state index in [1.807, 2.05) is 12.1 Å². The Morgan fingerprint density at radius 3 is 2.92 bits per heavy atom. The van der Waals surface area contributed by atoms with Crippen LogP contribution in [0.3, 0.4) is 0 Å². The van der Waals surface area contributed by atoms with E-state index in [4.69, 9.17) is 10.5 Å². The minimum Gasteiger partial charge on any atom is -0.384 e. The molecule has 3 aromatic rings. The molecular formula is C16H20ClN5OS. The van der Waals surface area contributed by atoms with E-state index in [-0.39, 0.29) is 12.4 Å². The Bertz CT molecular complexity index is 798. The van der Waals surface area contributed by atoms with E-state index in [1.165, 1.54) is 0 Å². The van der Waals surface area contributed by atoms with Gasteiger partial charge in [0.2, 0.25) is 0 Å². The van der Waals surface area contributed by atoms with Gasteiger partial charge in [-0.15, -0.1) is 23.7 Å². The average molecular weight is 366 g/mol. The van der Waals surface area contributed by atoms with Gasteiger partial charge in [-0.05, 0) is 30.9 Å². The molecule has 1 fully saturated rings. The zero-order valence-corrected chi connectivity index (χ0v) is 14.8. The van der Waals surface area contributed by atoms with Gasteiger partial charge in [-0.25, -0.2) is 4.98 Å². The minimum absolute atomic E-state index is 0. The van der Waals surface area contributed by atoms with Gasteiger partial charge in [-0.1, -0.05) is 0 Å². The van der Waals surface area contributed by atoms with E-state index < -0.39 is 0 Å². The summed E-state index contributed by atoms with van der Waals surface area (Å²) in [4.78, 5) is 5.57. The van der Waals surface area contributed by atoms with Crippen LogP contribution in [0.25, 0.3) is 20.8 Å². The minimum atomic E-state index is 0. The lowest BCUT2D eigenvalue weighted by Gasteiger charge is -2.22. The molecule has 0 aromatic carbocycles. The molecule has 0 saturated carbocycles. The van der Waals surface area contributed by atoms with Crippen LogP contribution < -0.4 is 11.1 Å². The number of thiophene rings is 1. The van der Waals surface area contributed by atoms with Crippen molar-refractivity contribution in [2.75, 3.05) is 30.8 Å². The van der Waals surface area contributed by atoms with Crippen LogP contribution in [0.1, 0.15) is 12.8 Å². The van der Waals surface area contributed by atoms with E-state index in [1.54, 1.807) is 17.5 Å². The summed E-state index contributed by atoms with van der Waals surface area (Å²) in [7, 11) is 0. The van der Waals surface area contributed by atoms with Gasteiger partial charge in [-0.2, -0.15) is 5.10 Å². The summed E-state index contributed by atoms with van der Waals surface area (Å²) in [6.07, 6.45) is 3.98. The number of fused-ring (bicyclic) bond motifs is 1. The molecular weight excluding hydrogens is 346 g/mol. The van der Waals surface area contributed by atoms with Crippen LogP contribution >= 0.6 is 23.7 Å². The van der Waals surface area contributed by atoms with Crippen molar-refractivity contribution in [3.63, 3.8) is 0 Å². The van der Waals surface area contributed by atoms with Gasteiger partial charge >= 0.3 is 0 Å². The summed E-state index contributed by atoms with van der Waals surface area (Å²) in [6.45, 7) is 2.67. The molecule has 0 unspecified atom stereocenters. The first kappa shape index (κ1) is 17.0. The van der Waals surface area contributed by atoms with Crippen LogP contribution in [0.4, 0.5) is 11.5 Å². The second-order valence-electron chi connectivity index (χ2n) is 5.83. The third-order valence-electron chi connectivity index (χ3n) is 4.19. The van der Waals surface area contributed by atoms with E-state index >= 15 is 0 Å². The number of aromatic nitrogens is 3. The number of nitrogen functional groups attached to an aromatic ring is 1. The number of nitrogens with two attached hydrogens (primary N) is 1. The highest BCUT2D eigenvalue weighted by atomic mass is 35.5. The summed E-state index contributed by atoms with van der Waals surface area (Å²) in [5.41, 5.74) is 8.97. The predicted molar refractivity (Wildman–Crippen MR) is 101 cm³/mol. The number of pyridine rings is 1. The van der Waals surface area contributed by atoms with E-state index in [9.17, 15) is 0 Å². The molecule has 1 aliphatic rings. The standard InChI is InChI=1S/C16H19N5OS.ClH/c17-15-8-12(18-9-10-2-5-22-6-3-10)16-13(20-15)7-14(23-16)11-1-4-19-21-11;/h1,4,7-8,10H,2-3,5-6,9H2,(H,19,21)(H3,17,18,20);1H. The fourth-order valence-electron chi connectivity index (χ4n) is 2.90. The summed E-state index contributed by atoms with van der Waals surface area (Å²) < 4.78 is 6.56. The Morgan fingerprint density at radius 2 is 2.17 bits per heavy atom. The van der Waals surface area contributed by atoms with Crippen molar-refractivity contribution in [1.29, 1.82) is 0 Å². The van der Waals surface area contributed by atoms with Crippen molar-refractivity contribution in [2.24, 2.45) is 5.92 Å². The quantitative estimate of drug-likeness (QED) is 0.658. The third kappa shape index (κ3) is 3.48. The van der Waals surface area contributed by atoms with Crippen molar-refractivity contribution < 1.29 is 4.74 Å². The molecule has 1 aliphatic heterocycles. The number of halogens is 1. The molecule has 0 spiro atoms. The molecule has 0 aliphatic carbocycles. The number of nitrogens with zero attached hydrogens (tertiary/aromatic N) is 2. The Labute approximate surface area is 150 Å². The normalized spacial score (nSPS) is 15.3. The second-order valence-corrected chi connectivity index (χ2v) is 6.88. The molecule has 4 N–H and O–H groups in total. The predicted octanol–water partition coefficient (Wildman–Crippen LogP) is 3.53. The molecule has 0 amide bonds. The molecule has 4 heterocycles. The first-order chi connectivity index (χ1) is 11.3. The highest BCUT2D eigenvalue weighted by Gasteiger charge is 2.16. The number of anilines is 2. The maximum atomic E-state index is 5.97. The molecule has 0 atom stereocenters. The average Bonchev–Trinajstić information content (AvgIpc) is 3.22. The summed E-state index contributed by atoms with van der Waals surface area (Å²) in [5, 5.41) is 10.6. The van der Waals surface area contributed by atoms with E-state index in [2.05, 4.69) is 26.6 Å². The third-order valence-corrected chi connectivity index (χ3v) is 5.38. The SMILES string of the molecule is Cl.Nc1cc(NCC2CCOCC2)c2sc(-c3ccn[nH]3)cc2n1. The monoisotopic (exact) mass is 365 g/mol. The van der Waals surface area contributed by atoms with Crippen molar-refractivity contribution in [3.8, 4) is 10.6 Å². The molecule has 24 heavy (non-hydrogen) atoms. The molecule has 3 aromatic heterocycles. The Morgan fingerprint density at radius 1 is 1.33 bits per heavy atom. The van der Waals surface area contributed by atoms with Gasteiger partial charge in [0.25, 0.3) is 0 Å². The maximum absolute atomic E-state index is 5.97. The number of rotatable bonds is 4. The number of hydrogen-bond acceptors (Lipinski definition) is 6. The smallest absolute Gasteiger partial charge is 0.126 e. The topological polar surface area (TPSA) is 88.9 Å². The molecule has 1 saturated heterocycles. The maximum Gasteiger partial charge on any atom is 0.126 e. The van der Waals surface area contributed by atoms with Crippen LogP contribution in [0.2, 0.25) is 0 Å². The lowest BCUT2D eigenvalue weighted by atomic mass is 10.0. The summed E-state index contributed by atoms with van der Waals surface area (Å²) >= 11 is 1.70. The molecule has 4 rings (SSSR count). The number of aromatic amines is 1. The van der Waals surface area contributed by atoms with Crippen molar-refractivity contribution in [2.45, 2.75) is 12.8 Å². The van der Waals surface area contributed by atoms with Crippen LogP contribution in [-0.2, 0) is 4.74 Å². The van der Waals surface area contributed by atoms with E-state index in [0.717, 1.165) is 59.1 Å². The van der Waals surface area contributed by atoms with Crippen molar-refractivity contribution >= 4 is 45.5 Å². The largest absolute Gasteiger partial charge is 0.384 e. The Hall–Kier alpha value is -1.83. The Balaban J connectivity index is 0.00000169. The summed E-state index contributed by atoms with van der Waals surface area (Å²) in [5.74, 6) is 1.20. The number of ether oxygens (including phenoxy) is 1. The van der Waals surface area contributed by atoms with E-state index in [0.29, 0.717) is 11.7 Å². The zero-order valence-electron chi connectivity index (χ0n) is 13.1. The van der Waals surface area contributed by atoms with Gasteiger partial charge in [0, 0.05) is 32.0 Å². The lowest BCUT2D eigenvalue weighted by molar-refractivity contribution is 0.0699. The van der Waals surface area contributed by atoms with Gasteiger partial charge in [-0.3, -0.25) is 5.10 Å². The number of nitrogens with one attached hydrogen (secondary N) is 2. The van der Waals surface area contributed by atoms with Crippen molar-refractivity contribution in [3.05, 3.63) is 24.4 Å². The van der Waals surface area contributed by atoms with Crippen LogP contribution in [-0.4, -0.2) is 34.9 Å². The fourth-order valence-corrected chi connectivity index (χ4v) is 3.97. The van der Waals surface area contributed by atoms with Crippen LogP contribution in [0, 0.1) is 5.92 Å². The molecule has 8 heteroatoms. The first-order valence-electron chi connectivity index (χ1n) is 7.81. The first-order valence-corrected chi connectivity index (χ1v) is 8.62. The van der Waals surface area contributed by atoms with Gasteiger partial charge in [0.1, 0.15) is 5.82 Å². The van der Waals surface area contributed by atoms with Crippen molar-refractivity contribution in [1.82, 2.24) is 15.2 Å². The van der Waals surface area contributed by atoms with Crippen LogP contribution in [0.15, 0.2) is 24.4 Å².